The number of carbonyl (C=O) groups excluding carboxylic acids is 2. The van der Waals surface area contributed by atoms with Crippen LogP contribution >= 0.6 is 35.1 Å². The van der Waals surface area contributed by atoms with Gasteiger partial charge < -0.3 is 15.2 Å². The normalized spacial score (nSPS) is 11.9. The van der Waals surface area contributed by atoms with Gasteiger partial charge in [-0.05, 0) is 48.9 Å². The molecule has 0 aliphatic rings. The van der Waals surface area contributed by atoms with Gasteiger partial charge in [0.25, 0.3) is 5.91 Å². The number of hydrogen-bond donors (Lipinski definition) is 2. The number of hydrogen-bond acceptors (Lipinski definition) is 6. The lowest BCUT2D eigenvalue weighted by Gasteiger charge is -2.20. The highest BCUT2D eigenvalue weighted by molar-refractivity contribution is 7.99. The van der Waals surface area contributed by atoms with Crippen LogP contribution in [0.25, 0.3) is 0 Å². The average Bonchev–Trinajstić information content (AvgIpc) is 3.17. The molecular weight excluding hydrogens is 490 g/mol. The number of amides is 2. The Labute approximate surface area is 213 Å². The van der Waals surface area contributed by atoms with E-state index in [-0.39, 0.29) is 23.6 Å². The van der Waals surface area contributed by atoms with Crippen molar-refractivity contribution in [3.05, 3.63) is 64.9 Å². The molecule has 0 aliphatic heterocycles. The molecule has 0 saturated carbocycles. The minimum absolute atomic E-state index is 0.126. The second-order valence-electron chi connectivity index (χ2n) is 8.10. The Balaban J connectivity index is 1.68. The molecule has 1 atom stereocenters. The first-order chi connectivity index (χ1) is 16.3. The highest BCUT2D eigenvalue weighted by Crippen LogP contribution is 2.25. The number of rotatable bonds is 10. The Morgan fingerprint density at radius 3 is 2.59 bits per heavy atom. The molecule has 0 spiro atoms. The van der Waals surface area contributed by atoms with Crippen molar-refractivity contribution < 1.29 is 9.59 Å². The second-order valence-corrected chi connectivity index (χ2v) is 10.3. The molecule has 180 valence electrons. The molecule has 2 amide bonds. The van der Waals surface area contributed by atoms with E-state index in [9.17, 15) is 9.59 Å². The van der Waals surface area contributed by atoms with Crippen LogP contribution < -0.4 is 10.6 Å². The minimum atomic E-state index is -0.348. The molecule has 1 unspecified atom stereocenters. The largest absolute Gasteiger partial charge is 0.342 e. The van der Waals surface area contributed by atoms with Crippen LogP contribution in [-0.2, 0) is 11.8 Å². The third-order valence-electron chi connectivity index (χ3n) is 5.00. The molecule has 3 aromatic rings. The summed E-state index contributed by atoms with van der Waals surface area (Å²) in [5, 5.41) is 15.6. The number of aromatic nitrogens is 3. The summed E-state index contributed by atoms with van der Waals surface area (Å²) in [7, 11) is 1.84. The molecule has 3 rings (SSSR count). The average molecular weight is 518 g/mol. The molecule has 0 bridgehead atoms. The summed E-state index contributed by atoms with van der Waals surface area (Å²) in [6.45, 7) is 4.16. The van der Waals surface area contributed by atoms with Crippen molar-refractivity contribution >= 4 is 52.6 Å². The van der Waals surface area contributed by atoms with Gasteiger partial charge >= 0.3 is 0 Å². The molecule has 0 radical (unpaired) electrons. The van der Waals surface area contributed by atoms with Crippen molar-refractivity contribution in [2.45, 2.75) is 36.4 Å². The molecule has 1 aromatic heterocycles. The first-order valence-corrected chi connectivity index (χ1v) is 13.4. The first-order valence-electron chi connectivity index (χ1n) is 10.8. The zero-order chi connectivity index (χ0) is 24.7. The highest BCUT2D eigenvalue weighted by Gasteiger charge is 2.24. The topological polar surface area (TPSA) is 88.9 Å². The minimum Gasteiger partial charge on any atom is -0.342 e. The van der Waals surface area contributed by atoms with Gasteiger partial charge in [0.05, 0.1) is 22.4 Å². The molecule has 34 heavy (non-hydrogen) atoms. The molecular formula is C24H28ClN5O2S2. The third-order valence-corrected chi connectivity index (χ3v) is 7.07. The van der Waals surface area contributed by atoms with E-state index in [0.717, 1.165) is 10.6 Å². The van der Waals surface area contributed by atoms with E-state index >= 15 is 0 Å². The fourth-order valence-electron chi connectivity index (χ4n) is 3.36. The van der Waals surface area contributed by atoms with E-state index in [1.165, 1.54) is 11.8 Å². The Morgan fingerprint density at radius 2 is 1.88 bits per heavy atom. The lowest BCUT2D eigenvalue weighted by molar-refractivity contribution is -0.113. The van der Waals surface area contributed by atoms with Crippen molar-refractivity contribution in [1.82, 2.24) is 20.1 Å². The fraction of sp³-hybridized carbons (Fsp3) is 0.333. The predicted octanol–water partition coefficient (Wildman–Crippen LogP) is 5.44. The lowest BCUT2D eigenvalue weighted by atomic mass is 10.0. The Kier molecular flexibility index (Phi) is 9.44. The Bertz CT molecular complexity index is 1150. The van der Waals surface area contributed by atoms with Crippen LogP contribution in [0.3, 0.4) is 0 Å². The van der Waals surface area contributed by atoms with Crippen LogP contribution in [0.5, 0.6) is 0 Å². The summed E-state index contributed by atoms with van der Waals surface area (Å²) in [6, 6.07) is 14.3. The zero-order valence-electron chi connectivity index (χ0n) is 19.5. The second kappa shape index (κ2) is 12.3. The monoisotopic (exact) mass is 517 g/mol. The summed E-state index contributed by atoms with van der Waals surface area (Å²) in [5.41, 5.74) is 1.17. The van der Waals surface area contributed by atoms with Gasteiger partial charge in [-0.25, -0.2) is 0 Å². The summed E-state index contributed by atoms with van der Waals surface area (Å²) in [6.07, 6.45) is 2.67. The smallest absolute Gasteiger partial charge is 0.253 e. The van der Waals surface area contributed by atoms with E-state index in [1.54, 1.807) is 36.0 Å². The quantitative estimate of drug-likeness (QED) is 0.348. The van der Waals surface area contributed by atoms with E-state index in [2.05, 4.69) is 34.7 Å². The highest BCUT2D eigenvalue weighted by atomic mass is 35.5. The van der Waals surface area contributed by atoms with Gasteiger partial charge in [0.2, 0.25) is 5.91 Å². The van der Waals surface area contributed by atoms with Crippen molar-refractivity contribution in [3.8, 4) is 0 Å². The lowest BCUT2D eigenvalue weighted by Crippen LogP contribution is -2.31. The van der Waals surface area contributed by atoms with Gasteiger partial charge in [0, 0.05) is 17.6 Å². The molecule has 2 aromatic carbocycles. The van der Waals surface area contributed by atoms with Gasteiger partial charge in [-0.15, -0.1) is 22.0 Å². The number of anilines is 1. The maximum absolute atomic E-state index is 12.9. The third kappa shape index (κ3) is 7.01. The molecule has 0 fully saturated rings. The van der Waals surface area contributed by atoms with E-state index in [0.29, 0.717) is 33.9 Å². The number of benzene rings is 2. The standard InChI is InChI=1S/C24H28ClN5O2S2/c1-15(2)12-20(27-23(32)18-10-5-6-11-19(18)25)22-28-29-24(30(22)3)34-14-21(31)26-16-8-7-9-17(13-16)33-4/h5-11,13,15,20H,12,14H2,1-4H3,(H,26,31)(H,27,32). The van der Waals surface area contributed by atoms with Crippen LogP contribution in [0, 0.1) is 5.92 Å². The van der Waals surface area contributed by atoms with Gasteiger partial charge in [-0.2, -0.15) is 0 Å². The molecule has 10 heteroatoms. The van der Waals surface area contributed by atoms with Gasteiger partial charge in [0.15, 0.2) is 11.0 Å². The van der Waals surface area contributed by atoms with Gasteiger partial charge in [-0.3, -0.25) is 9.59 Å². The summed E-state index contributed by atoms with van der Waals surface area (Å²) in [5.74, 6) is 0.742. The molecule has 0 saturated heterocycles. The van der Waals surface area contributed by atoms with Crippen molar-refractivity contribution in [3.63, 3.8) is 0 Å². The number of carbonyl (C=O) groups is 2. The molecule has 7 nitrogen and oxygen atoms in total. The maximum atomic E-state index is 12.9. The van der Waals surface area contributed by atoms with Crippen LogP contribution in [-0.4, -0.2) is 38.6 Å². The summed E-state index contributed by atoms with van der Waals surface area (Å²) in [4.78, 5) is 26.4. The van der Waals surface area contributed by atoms with Crippen LogP contribution in [0.2, 0.25) is 5.02 Å². The first kappa shape index (κ1) is 26.1. The van der Waals surface area contributed by atoms with Crippen molar-refractivity contribution in [1.29, 1.82) is 0 Å². The van der Waals surface area contributed by atoms with Crippen LogP contribution in [0.1, 0.15) is 42.5 Å². The predicted molar refractivity (Wildman–Crippen MR) is 140 cm³/mol. The fourth-order valence-corrected chi connectivity index (χ4v) is 4.76. The van der Waals surface area contributed by atoms with Crippen LogP contribution in [0.4, 0.5) is 5.69 Å². The molecule has 2 N–H and O–H groups in total. The van der Waals surface area contributed by atoms with E-state index in [1.807, 2.05) is 42.1 Å². The number of nitrogens with zero attached hydrogens (tertiary/aromatic N) is 3. The Hall–Kier alpha value is -2.49. The summed E-state index contributed by atoms with van der Waals surface area (Å²) < 4.78 is 1.83. The van der Waals surface area contributed by atoms with E-state index in [4.69, 9.17) is 11.6 Å². The SMILES string of the molecule is CSc1cccc(NC(=O)CSc2nnc(C(CC(C)C)NC(=O)c3ccccc3Cl)n2C)c1. The molecule has 1 heterocycles. The number of halogens is 1. The number of thioether (sulfide) groups is 2. The number of nitrogens with one attached hydrogen (secondary N) is 2. The maximum Gasteiger partial charge on any atom is 0.253 e. The Morgan fingerprint density at radius 1 is 1.12 bits per heavy atom. The van der Waals surface area contributed by atoms with Crippen molar-refractivity contribution in [2.75, 3.05) is 17.3 Å². The van der Waals surface area contributed by atoms with Crippen LogP contribution in [0.15, 0.2) is 58.6 Å². The van der Waals surface area contributed by atoms with Gasteiger partial charge in [-0.1, -0.05) is 55.4 Å². The van der Waals surface area contributed by atoms with Crippen molar-refractivity contribution in [2.24, 2.45) is 13.0 Å². The summed E-state index contributed by atoms with van der Waals surface area (Å²) >= 11 is 9.12. The molecule has 0 aliphatic carbocycles. The van der Waals surface area contributed by atoms with Gasteiger partial charge in [0.1, 0.15) is 0 Å². The zero-order valence-corrected chi connectivity index (χ0v) is 21.9. The van der Waals surface area contributed by atoms with E-state index < -0.39 is 0 Å².